The van der Waals surface area contributed by atoms with Crippen molar-refractivity contribution in [1.82, 2.24) is 0 Å². The average Bonchev–Trinajstić information content (AvgIpc) is 2.61. The van der Waals surface area contributed by atoms with Gasteiger partial charge in [0.1, 0.15) is 0 Å². The van der Waals surface area contributed by atoms with Gasteiger partial charge in [0.05, 0.1) is 5.69 Å². The van der Waals surface area contributed by atoms with Gasteiger partial charge >= 0.3 is 0 Å². The number of halogens is 1. The van der Waals surface area contributed by atoms with E-state index < -0.39 is 0 Å². The Kier molecular flexibility index (Phi) is 5.66. The molecule has 1 aliphatic heterocycles. The second kappa shape index (κ2) is 7.93. The van der Waals surface area contributed by atoms with E-state index in [9.17, 15) is 9.59 Å². The summed E-state index contributed by atoms with van der Waals surface area (Å²) in [4.78, 5) is 27.6. The van der Waals surface area contributed by atoms with Crippen LogP contribution in [-0.4, -0.2) is 23.6 Å². The first kappa shape index (κ1) is 17.8. The molecule has 6 heteroatoms. The molecule has 3 rings (SSSR count). The number of benzene rings is 2. The summed E-state index contributed by atoms with van der Waals surface area (Å²) >= 11 is 7.60. The highest BCUT2D eigenvalue weighted by atomic mass is 35.5. The van der Waals surface area contributed by atoms with Crippen molar-refractivity contribution in [3.8, 4) is 0 Å². The topological polar surface area (TPSA) is 49.4 Å². The molecule has 1 aliphatic rings. The summed E-state index contributed by atoms with van der Waals surface area (Å²) in [7, 11) is 0. The molecule has 2 aromatic rings. The van der Waals surface area contributed by atoms with Crippen LogP contribution in [0, 0.1) is 0 Å². The molecule has 2 aromatic carbocycles. The fourth-order valence-corrected chi connectivity index (χ4v) is 3.98. The van der Waals surface area contributed by atoms with Gasteiger partial charge in [0, 0.05) is 40.2 Å². The number of carbonyl (C=O) groups is 2. The first-order valence-corrected chi connectivity index (χ1v) is 9.40. The fourth-order valence-electron chi connectivity index (χ4n) is 2.74. The van der Waals surface area contributed by atoms with Crippen molar-refractivity contribution in [3.05, 3.63) is 53.6 Å². The van der Waals surface area contributed by atoms with Crippen LogP contribution in [0.5, 0.6) is 0 Å². The predicted molar refractivity (Wildman–Crippen MR) is 103 cm³/mol. The molecular weight excluding hydrogens is 356 g/mol. The second-order valence-corrected chi connectivity index (χ2v) is 7.87. The van der Waals surface area contributed by atoms with E-state index in [0.717, 1.165) is 10.6 Å². The van der Waals surface area contributed by atoms with Gasteiger partial charge < -0.3 is 10.2 Å². The third-order valence-corrected chi connectivity index (χ3v) is 5.32. The molecule has 1 unspecified atom stereocenters. The average molecular weight is 375 g/mol. The van der Waals surface area contributed by atoms with Crippen molar-refractivity contribution < 1.29 is 9.59 Å². The number of thioether (sulfide) groups is 1. The number of nitrogens with one attached hydrogen (secondary N) is 1. The SMILES string of the molecule is CC1CN(C(=O)CCC(=O)Nc2ccc(Cl)cc2)c2ccccc2S1. The molecule has 0 radical (unpaired) electrons. The van der Waals surface area contributed by atoms with Crippen molar-refractivity contribution in [2.45, 2.75) is 29.9 Å². The number of hydrogen-bond acceptors (Lipinski definition) is 3. The van der Waals surface area contributed by atoms with Crippen LogP contribution in [0.2, 0.25) is 5.02 Å². The Labute approximate surface area is 156 Å². The summed E-state index contributed by atoms with van der Waals surface area (Å²) in [5.41, 5.74) is 1.61. The van der Waals surface area contributed by atoms with E-state index in [1.807, 2.05) is 24.3 Å². The largest absolute Gasteiger partial charge is 0.326 e. The fraction of sp³-hybridized carbons (Fsp3) is 0.263. The van der Waals surface area contributed by atoms with Crippen LogP contribution in [0.4, 0.5) is 11.4 Å². The Morgan fingerprint density at radius 2 is 1.88 bits per heavy atom. The number of anilines is 2. The highest BCUT2D eigenvalue weighted by molar-refractivity contribution is 8.00. The number of nitrogens with zero attached hydrogens (tertiary/aromatic N) is 1. The predicted octanol–water partition coefficient (Wildman–Crippen LogP) is 4.59. The molecular formula is C19H19ClN2O2S. The van der Waals surface area contributed by atoms with E-state index in [2.05, 4.69) is 12.2 Å². The molecule has 0 aromatic heterocycles. The van der Waals surface area contributed by atoms with Crippen LogP contribution in [0.3, 0.4) is 0 Å². The molecule has 0 bridgehead atoms. The molecule has 0 aliphatic carbocycles. The zero-order valence-corrected chi connectivity index (χ0v) is 15.4. The lowest BCUT2D eigenvalue weighted by atomic mass is 10.2. The number of rotatable bonds is 4. The van der Waals surface area contributed by atoms with E-state index in [1.54, 1.807) is 40.9 Å². The maximum Gasteiger partial charge on any atom is 0.227 e. The zero-order chi connectivity index (χ0) is 17.8. The summed E-state index contributed by atoms with van der Waals surface area (Å²) < 4.78 is 0. The molecule has 25 heavy (non-hydrogen) atoms. The van der Waals surface area contributed by atoms with Crippen molar-refractivity contribution >= 4 is 46.6 Å². The lowest BCUT2D eigenvalue weighted by molar-refractivity contribution is -0.122. The van der Waals surface area contributed by atoms with Crippen LogP contribution in [0.15, 0.2) is 53.4 Å². The smallest absolute Gasteiger partial charge is 0.227 e. The maximum atomic E-state index is 12.6. The summed E-state index contributed by atoms with van der Waals surface area (Å²) in [6.07, 6.45) is 0.340. The lowest BCUT2D eigenvalue weighted by Gasteiger charge is -2.32. The Morgan fingerprint density at radius 3 is 2.64 bits per heavy atom. The first-order valence-electron chi connectivity index (χ1n) is 8.14. The van der Waals surface area contributed by atoms with Gasteiger partial charge in [0.25, 0.3) is 0 Å². The van der Waals surface area contributed by atoms with E-state index in [1.165, 1.54) is 0 Å². The minimum absolute atomic E-state index is 0.0224. The third-order valence-electron chi connectivity index (χ3n) is 3.92. The van der Waals surface area contributed by atoms with Crippen molar-refractivity contribution in [1.29, 1.82) is 0 Å². The maximum absolute atomic E-state index is 12.6. The lowest BCUT2D eigenvalue weighted by Crippen LogP contribution is -2.38. The Balaban J connectivity index is 1.59. The van der Waals surface area contributed by atoms with E-state index >= 15 is 0 Å². The van der Waals surface area contributed by atoms with E-state index in [0.29, 0.717) is 22.5 Å². The Bertz CT molecular complexity index is 779. The molecule has 1 heterocycles. The molecule has 4 nitrogen and oxygen atoms in total. The molecule has 0 saturated heterocycles. The van der Waals surface area contributed by atoms with Gasteiger partial charge in [-0.25, -0.2) is 0 Å². The van der Waals surface area contributed by atoms with Gasteiger partial charge in [-0.1, -0.05) is 30.7 Å². The Hall–Kier alpha value is -1.98. The minimum Gasteiger partial charge on any atom is -0.326 e. The number of hydrogen-bond donors (Lipinski definition) is 1. The minimum atomic E-state index is -0.177. The Morgan fingerprint density at radius 1 is 1.16 bits per heavy atom. The molecule has 0 spiro atoms. The number of carbonyl (C=O) groups excluding carboxylic acids is 2. The van der Waals surface area contributed by atoms with Gasteiger partial charge in [-0.2, -0.15) is 0 Å². The summed E-state index contributed by atoms with van der Waals surface area (Å²) in [5, 5.41) is 3.73. The van der Waals surface area contributed by atoms with Crippen molar-refractivity contribution in [2.24, 2.45) is 0 Å². The van der Waals surface area contributed by atoms with Crippen molar-refractivity contribution in [3.63, 3.8) is 0 Å². The van der Waals surface area contributed by atoms with Crippen LogP contribution >= 0.6 is 23.4 Å². The van der Waals surface area contributed by atoms with E-state index in [4.69, 9.17) is 11.6 Å². The monoisotopic (exact) mass is 374 g/mol. The molecule has 130 valence electrons. The summed E-state index contributed by atoms with van der Waals surface area (Å²) in [5.74, 6) is -0.200. The summed E-state index contributed by atoms with van der Waals surface area (Å²) in [6.45, 7) is 2.77. The highest BCUT2D eigenvalue weighted by Crippen LogP contribution is 2.38. The number of fused-ring (bicyclic) bond motifs is 1. The first-order chi connectivity index (χ1) is 12.0. The molecule has 1 N–H and O–H groups in total. The molecule has 1 atom stereocenters. The number of amides is 2. The zero-order valence-electron chi connectivity index (χ0n) is 13.9. The van der Waals surface area contributed by atoms with Gasteiger partial charge in [0.15, 0.2) is 0 Å². The van der Waals surface area contributed by atoms with Crippen LogP contribution in [0.1, 0.15) is 19.8 Å². The second-order valence-electron chi connectivity index (χ2n) is 5.96. The molecule has 0 fully saturated rings. The highest BCUT2D eigenvalue weighted by Gasteiger charge is 2.26. The standard InChI is InChI=1S/C19H19ClN2O2S/c1-13-12-22(16-4-2-3-5-17(16)25-13)19(24)11-10-18(23)21-15-8-6-14(20)7-9-15/h2-9,13H,10-12H2,1H3,(H,21,23). The van der Waals surface area contributed by atoms with Crippen LogP contribution in [-0.2, 0) is 9.59 Å². The normalized spacial score (nSPS) is 16.2. The van der Waals surface area contributed by atoms with Crippen LogP contribution < -0.4 is 10.2 Å². The quantitative estimate of drug-likeness (QED) is 0.851. The van der Waals surface area contributed by atoms with Crippen molar-refractivity contribution in [2.75, 3.05) is 16.8 Å². The van der Waals surface area contributed by atoms with E-state index in [-0.39, 0.29) is 24.7 Å². The number of para-hydroxylation sites is 1. The van der Waals surface area contributed by atoms with Crippen LogP contribution in [0.25, 0.3) is 0 Å². The summed E-state index contributed by atoms with van der Waals surface area (Å²) in [6, 6.07) is 14.8. The van der Waals surface area contributed by atoms with Gasteiger partial charge in [-0.3, -0.25) is 9.59 Å². The van der Waals surface area contributed by atoms with Gasteiger partial charge in [-0.05, 0) is 36.4 Å². The molecule has 2 amide bonds. The third kappa shape index (κ3) is 4.55. The molecule has 0 saturated carbocycles. The van der Waals surface area contributed by atoms with Gasteiger partial charge in [0.2, 0.25) is 11.8 Å². The van der Waals surface area contributed by atoms with Gasteiger partial charge in [-0.15, -0.1) is 11.8 Å².